The lowest BCUT2D eigenvalue weighted by Crippen LogP contribution is -2.02. The molecule has 0 aromatic carbocycles. The van der Waals surface area contributed by atoms with E-state index in [1.807, 2.05) is 6.07 Å². The zero-order valence-electron chi connectivity index (χ0n) is 9.58. The van der Waals surface area contributed by atoms with Crippen molar-refractivity contribution in [3.05, 3.63) is 18.6 Å². The van der Waals surface area contributed by atoms with E-state index in [4.69, 9.17) is 0 Å². The maximum atomic E-state index is 4.10. The smallest absolute Gasteiger partial charge is 0.129 e. The molecule has 0 saturated carbocycles. The summed E-state index contributed by atoms with van der Waals surface area (Å²) in [5, 5.41) is 3.28. The van der Waals surface area contributed by atoms with Crippen LogP contribution < -0.4 is 5.32 Å². The van der Waals surface area contributed by atoms with Gasteiger partial charge in [0.1, 0.15) is 12.1 Å². The van der Waals surface area contributed by atoms with Crippen LogP contribution in [0.15, 0.2) is 18.6 Å². The molecule has 0 spiro atoms. The number of hydrogen-bond donors (Lipinski definition) is 1. The van der Waals surface area contributed by atoms with Crippen LogP contribution in [0.2, 0.25) is 0 Å². The summed E-state index contributed by atoms with van der Waals surface area (Å²) in [6.07, 6.45) is 11.3. The number of unbranched alkanes of at least 4 members (excludes halogenated alkanes) is 5. The summed E-state index contributed by atoms with van der Waals surface area (Å²) in [7, 11) is 0. The van der Waals surface area contributed by atoms with E-state index < -0.39 is 0 Å². The van der Waals surface area contributed by atoms with Crippen LogP contribution >= 0.6 is 0 Å². The molecule has 1 heterocycles. The van der Waals surface area contributed by atoms with Crippen LogP contribution in [0.5, 0.6) is 0 Å². The number of nitrogens with zero attached hydrogens (tertiary/aromatic N) is 2. The van der Waals surface area contributed by atoms with Gasteiger partial charge in [-0.15, -0.1) is 0 Å². The maximum absolute atomic E-state index is 4.10. The average Bonchev–Trinajstić information content (AvgIpc) is 2.29. The van der Waals surface area contributed by atoms with Crippen molar-refractivity contribution in [3.8, 4) is 0 Å². The van der Waals surface area contributed by atoms with Gasteiger partial charge in [0.2, 0.25) is 0 Å². The normalized spacial score (nSPS) is 10.2. The van der Waals surface area contributed by atoms with Gasteiger partial charge in [-0.05, 0) is 12.5 Å². The van der Waals surface area contributed by atoms with E-state index in [-0.39, 0.29) is 0 Å². The van der Waals surface area contributed by atoms with Crippen LogP contribution in [-0.2, 0) is 0 Å². The minimum atomic E-state index is 0.929. The standard InChI is InChI=1S/C12H21N3/c1-2-3-4-5-6-7-9-14-12-8-10-13-11-15-12/h8,10-11H,2-7,9H2,1H3,(H,13,14,15). The minimum absolute atomic E-state index is 0.929. The zero-order valence-corrected chi connectivity index (χ0v) is 9.58. The Bertz CT molecular complexity index is 236. The monoisotopic (exact) mass is 207 g/mol. The number of anilines is 1. The fraction of sp³-hybridized carbons (Fsp3) is 0.667. The van der Waals surface area contributed by atoms with Gasteiger partial charge < -0.3 is 5.32 Å². The molecule has 84 valence electrons. The Labute approximate surface area is 92.3 Å². The Morgan fingerprint density at radius 3 is 2.67 bits per heavy atom. The van der Waals surface area contributed by atoms with Crippen molar-refractivity contribution in [2.24, 2.45) is 0 Å². The van der Waals surface area contributed by atoms with Crippen LogP contribution in [0.25, 0.3) is 0 Å². The summed E-state index contributed by atoms with van der Waals surface area (Å²) < 4.78 is 0. The SMILES string of the molecule is CCCCCCCCNc1ccncn1. The summed E-state index contributed by atoms with van der Waals surface area (Å²) >= 11 is 0. The fourth-order valence-electron chi connectivity index (χ4n) is 1.52. The topological polar surface area (TPSA) is 37.8 Å². The average molecular weight is 207 g/mol. The van der Waals surface area contributed by atoms with Gasteiger partial charge in [-0.3, -0.25) is 0 Å². The molecule has 1 rings (SSSR count). The van der Waals surface area contributed by atoms with E-state index in [1.165, 1.54) is 38.5 Å². The lowest BCUT2D eigenvalue weighted by atomic mass is 10.1. The van der Waals surface area contributed by atoms with Crippen LogP contribution in [0.4, 0.5) is 5.82 Å². The van der Waals surface area contributed by atoms with Crippen molar-refractivity contribution in [3.63, 3.8) is 0 Å². The van der Waals surface area contributed by atoms with Gasteiger partial charge in [-0.1, -0.05) is 39.0 Å². The lowest BCUT2D eigenvalue weighted by molar-refractivity contribution is 0.617. The molecule has 0 saturated heterocycles. The number of aromatic nitrogens is 2. The summed E-state index contributed by atoms with van der Waals surface area (Å²) in [6.45, 7) is 3.26. The molecule has 3 heteroatoms. The fourth-order valence-corrected chi connectivity index (χ4v) is 1.52. The van der Waals surface area contributed by atoms with Gasteiger partial charge in [-0.25, -0.2) is 9.97 Å². The highest BCUT2D eigenvalue weighted by Gasteiger charge is 1.92. The molecule has 0 bridgehead atoms. The zero-order chi connectivity index (χ0) is 10.8. The minimum Gasteiger partial charge on any atom is -0.370 e. The molecule has 0 radical (unpaired) electrons. The first-order valence-corrected chi connectivity index (χ1v) is 5.93. The largest absolute Gasteiger partial charge is 0.370 e. The van der Waals surface area contributed by atoms with Crippen molar-refractivity contribution in [2.75, 3.05) is 11.9 Å². The van der Waals surface area contributed by atoms with E-state index in [0.29, 0.717) is 0 Å². The molecule has 1 N–H and O–H groups in total. The van der Waals surface area contributed by atoms with Gasteiger partial charge in [0.05, 0.1) is 0 Å². The van der Waals surface area contributed by atoms with E-state index in [0.717, 1.165) is 12.4 Å². The number of rotatable bonds is 8. The molecular formula is C12H21N3. The molecule has 1 aromatic heterocycles. The van der Waals surface area contributed by atoms with E-state index in [1.54, 1.807) is 12.5 Å². The molecule has 15 heavy (non-hydrogen) atoms. The highest BCUT2D eigenvalue weighted by molar-refractivity contribution is 5.30. The molecule has 0 aliphatic rings. The van der Waals surface area contributed by atoms with Crippen LogP contribution in [0.3, 0.4) is 0 Å². The second kappa shape index (κ2) is 8.21. The van der Waals surface area contributed by atoms with Gasteiger partial charge in [0.15, 0.2) is 0 Å². The summed E-state index contributed by atoms with van der Waals surface area (Å²) in [6, 6.07) is 1.90. The van der Waals surface area contributed by atoms with Crippen molar-refractivity contribution < 1.29 is 0 Å². The van der Waals surface area contributed by atoms with Gasteiger partial charge in [-0.2, -0.15) is 0 Å². The Morgan fingerprint density at radius 1 is 1.13 bits per heavy atom. The number of hydrogen-bond acceptors (Lipinski definition) is 3. The van der Waals surface area contributed by atoms with Crippen molar-refractivity contribution in [1.29, 1.82) is 0 Å². The third-order valence-electron chi connectivity index (χ3n) is 2.42. The van der Waals surface area contributed by atoms with E-state index in [9.17, 15) is 0 Å². The first kappa shape index (κ1) is 12.0. The summed E-state index contributed by atoms with van der Waals surface area (Å²) in [4.78, 5) is 7.98. The lowest BCUT2D eigenvalue weighted by Gasteiger charge is -2.04. The molecule has 0 amide bonds. The quantitative estimate of drug-likeness (QED) is 0.665. The molecule has 0 aliphatic heterocycles. The van der Waals surface area contributed by atoms with Crippen molar-refractivity contribution in [1.82, 2.24) is 9.97 Å². The highest BCUT2D eigenvalue weighted by Crippen LogP contribution is 2.05. The molecule has 3 nitrogen and oxygen atoms in total. The Kier molecular flexibility index (Phi) is 6.54. The number of nitrogens with one attached hydrogen (secondary N) is 1. The molecule has 1 aromatic rings. The van der Waals surface area contributed by atoms with Crippen molar-refractivity contribution in [2.45, 2.75) is 45.4 Å². The van der Waals surface area contributed by atoms with Crippen molar-refractivity contribution >= 4 is 5.82 Å². The van der Waals surface area contributed by atoms with Gasteiger partial charge in [0, 0.05) is 12.7 Å². The predicted octanol–water partition coefficient (Wildman–Crippen LogP) is 3.25. The molecule has 0 fully saturated rings. The first-order valence-electron chi connectivity index (χ1n) is 5.93. The molecule has 0 aliphatic carbocycles. The first-order chi connectivity index (χ1) is 7.43. The molecule has 0 atom stereocenters. The Hall–Kier alpha value is -1.12. The summed E-state index contributed by atoms with van der Waals surface area (Å²) in [5.41, 5.74) is 0. The highest BCUT2D eigenvalue weighted by atomic mass is 15.0. The Balaban J connectivity index is 1.93. The van der Waals surface area contributed by atoms with E-state index in [2.05, 4.69) is 22.2 Å². The predicted molar refractivity (Wildman–Crippen MR) is 63.9 cm³/mol. The van der Waals surface area contributed by atoms with E-state index >= 15 is 0 Å². The molecular weight excluding hydrogens is 186 g/mol. The van der Waals surface area contributed by atoms with Crippen LogP contribution in [0, 0.1) is 0 Å². The third kappa shape index (κ3) is 6.05. The second-order valence-corrected chi connectivity index (χ2v) is 3.79. The Morgan fingerprint density at radius 2 is 1.93 bits per heavy atom. The van der Waals surface area contributed by atoms with Gasteiger partial charge >= 0.3 is 0 Å². The third-order valence-corrected chi connectivity index (χ3v) is 2.42. The molecule has 0 unspecified atom stereocenters. The van der Waals surface area contributed by atoms with Gasteiger partial charge in [0.25, 0.3) is 0 Å². The van der Waals surface area contributed by atoms with Crippen LogP contribution in [-0.4, -0.2) is 16.5 Å². The maximum Gasteiger partial charge on any atom is 0.129 e. The second-order valence-electron chi connectivity index (χ2n) is 3.79. The van der Waals surface area contributed by atoms with Crippen LogP contribution in [0.1, 0.15) is 45.4 Å². The summed E-state index contributed by atoms with van der Waals surface area (Å²) in [5.74, 6) is 0.929.